The second-order valence-corrected chi connectivity index (χ2v) is 6.40. The molecule has 0 bridgehead atoms. The maximum absolute atomic E-state index is 4.57. The number of piperazine rings is 1. The van der Waals surface area contributed by atoms with Crippen molar-refractivity contribution in [1.29, 1.82) is 0 Å². The highest BCUT2D eigenvalue weighted by Gasteiger charge is 2.29. The third-order valence-corrected chi connectivity index (χ3v) is 4.46. The summed E-state index contributed by atoms with van der Waals surface area (Å²) >= 11 is 0. The molecule has 0 spiro atoms. The van der Waals surface area contributed by atoms with Crippen LogP contribution >= 0.6 is 0 Å². The molecule has 0 saturated carbocycles. The fraction of sp³-hybridized carbons (Fsp3) is 0.706. The molecule has 2 atom stereocenters. The summed E-state index contributed by atoms with van der Waals surface area (Å²) in [7, 11) is 0. The van der Waals surface area contributed by atoms with Gasteiger partial charge in [-0.2, -0.15) is 0 Å². The lowest BCUT2D eigenvalue weighted by Crippen LogP contribution is -2.57. The van der Waals surface area contributed by atoms with Gasteiger partial charge >= 0.3 is 0 Å². The van der Waals surface area contributed by atoms with E-state index in [0.29, 0.717) is 18.0 Å². The van der Waals surface area contributed by atoms with Gasteiger partial charge in [0, 0.05) is 37.9 Å². The van der Waals surface area contributed by atoms with Crippen LogP contribution in [-0.4, -0.2) is 35.1 Å². The van der Waals surface area contributed by atoms with E-state index in [4.69, 9.17) is 0 Å². The van der Waals surface area contributed by atoms with Crippen LogP contribution in [0.15, 0.2) is 18.3 Å². The molecule has 3 heteroatoms. The Labute approximate surface area is 123 Å². The Morgan fingerprint density at radius 2 is 2.25 bits per heavy atom. The molecule has 1 aromatic rings. The molecule has 1 aromatic heterocycles. The van der Waals surface area contributed by atoms with Crippen molar-refractivity contribution in [2.75, 3.05) is 13.1 Å². The molecule has 1 saturated heterocycles. The fourth-order valence-electron chi connectivity index (χ4n) is 3.02. The number of aromatic nitrogens is 1. The van der Waals surface area contributed by atoms with Crippen molar-refractivity contribution in [1.82, 2.24) is 15.2 Å². The molecule has 1 aliphatic heterocycles. The van der Waals surface area contributed by atoms with Gasteiger partial charge in [0.25, 0.3) is 0 Å². The molecule has 0 aromatic carbocycles. The van der Waals surface area contributed by atoms with Crippen LogP contribution in [0.1, 0.15) is 44.9 Å². The third-order valence-electron chi connectivity index (χ3n) is 4.46. The molecule has 1 N–H and O–H groups in total. The highest BCUT2D eigenvalue weighted by Crippen LogP contribution is 2.19. The van der Waals surface area contributed by atoms with Crippen molar-refractivity contribution < 1.29 is 0 Å². The average molecular weight is 275 g/mol. The lowest BCUT2D eigenvalue weighted by molar-refractivity contribution is 0.0983. The second-order valence-electron chi connectivity index (χ2n) is 6.40. The number of hydrogen-bond acceptors (Lipinski definition) is 3. The Morgan fingerprint density at radius 3 is 2.90 bits per heavy atom. The van der Waals surface area contributed by atoms with E-state index in [-0.39, 0.29) is 0 Å². The van der Waals surface area contributed by atoms with Crippen molar-refractivity contribution >= 4 is 0 Å². The van der Waals surface area contributed by atoms with Gasteiger partial charge in [0.1, 0.15) is 0 Å². The molecule has 20 heavy (non-hydrogen) atoms. The van der Waals surface area contributed by atoms with Crippen LogP contribution in [0.25, 0.3) is 0 Å². The van der Waals surface area contributed by atoms with Crippen molar-refractivity contribution in [2.24, 2.45) is 5.92 Å². The first-order valence-electron chi connectivity index (χ1n) is 7.99. The summed E-state index contributed by atoms with van der Waals surface area (Å²) in [5, 5.41) is 3.72. The van der Waals surface area contributed by atoms with Gasteiger partial charge in [-0.05, 0) is 30.9 Å². The zero-order chi connectivity index (χ0) is 14.5. The van der Waals surface area contributed by atoms with Crippen LogP contribution in [0.5, 0.6) is 0 Å². The molecule has 112 valence electrons. The Morgan fingerprint density at radius 1 is 1.45 bits per heavy atom. The summed E-state index contributed by atoms with van der Waals surface area (Å²) in [6, 6.07) is 5.44. The maximum atomic E-state index is 4.57. The van der Waals surface area contributed by atoms with Crippen LogP contribution in [-0.2, 0) is 6.54 Å². The number of pyridine rings is 1. The molecule has 0 aliphatic carbocycles. The quantitative estimate of drug-likeness (QED) is 0.895. The number of rotatable bonds is 5. The van der Waals surface area contributed by atoms with E-state index in [9.17, 15) is 0 Å². The molecule has 1 aliphatic rings. The van der Waals surface area contributed by atoms with Gasteiger partial charge in [-0.1, -0.05) is 33.3 Å². The van der Waals surface area contributed by atoms with Gasteiger partial charge < -0.3 is 5.32 Å². The summed E-state index contributed by atoms with van der Waals surface area (Å²) in [6.07, 6.45) is 4.43. The van der Waals surface area contributed by atoms with Crippen molar-refractivity contribution in [3.05, 3.63) is 29.6 Å². The first kappa shape index (κ1) is 15.5. The Kier molecular flexibility index (Phi) is 5.55. The minimum atomic E-state index is 0.604. The Balaban J connectivity index is 2.09. The fourth-order valence-corrected chi connectivity index (χ4v) is 3.02. The largest absolute Gasteiger partial charge is 0.311 e. The Bertz CT molecular complexity index is 416. The van der Waals surface area contributed by atoms with Crippen LogP contribution in [0, 0.1) is 12.8 Å². The SMILES string of the molecule is CCCC1CNC(C(C)C)CN1Cc1ncccc1C. The zero-order valence-electron chi connectivity index (χ0n) is 13.4. The summed E-state index contributed by atoms with van der Waals surface area (Å²) in [5.41, 5.74) is 2.54. The summed E-state index contributed by atoms with van der Waals surface area (Å²) in [5.74, 6) is 0.685. The van der Waals surface area contributed by atoms with Gasteiger partial charge in [-0.3, -0.25) is 9.88 Å². The van der Waals surface area contributed by atoms with Crippen molar-refractivity contribution in [3.63, 3.8) is 0 Å². The van der Waals surface area contributed by atoms with E-state index in [1.165, 1.54) is 24.1 Å². The van der Waals surface area contributed by atoms with Gasteiger partial charge in [0.2, 0.25) is 0 Å². The van der Waals surface area contributed by atoms with Crippen LogP contribution < -0.4 is 5.32 Å². The predicted molar refractivity (Wildman–Crippen MR) is 84.7 cm³/mol. The molecular formula is C17H29N3. The molecule has 3 nitrogen and oxygen atoms in total. The van der Waals surface area contributed by atoms with Crippen LogP contribution in [0.2, 0.25) is 0 Å². The number of aryl methyl sites for hydroxylation is 1. The van der Waals surface area contributed by atoms with Crippen LogP contribution in [0.3, 0.4) is 0 Å². The molecule has 2 unspecified atom stereocenters. The molecule has 2 heterocycles. The van der Waals surface area contributed by atoms with Gasteiger partial charge in [-0.15, -0.1) is 0 Å². The first-order chi connectivity index (χ1) is 9.61. The van der Waals surface area contributed by atoms with Crippen molar-refractivity contribution in [3.8, 4) is 0 Å². The minimum Gasteiger partial charge on any atom is -0.311 e. The van der Waals surface area contributed by atoms with Gasteiger partial charge in [0.05, 0.1) is 5.69 Å². The van der Waals surface area contributed by atoms with E-state index in [1.807, 2.05) is 12.3 Å². The monoisotopic (exact) mass is 275 g/mol. The second kappa shape index (κ2) is 7.19. The molecule has 0 radical (unpaired) electrons. The lowest BCUT2D eigenvalue weighted by Gasteiger charge is -2.42. The van der Waals surface area contributed by atoms with Gasteiger partial charge in [0.15, 0.2) is 0 Å². The van der Waals surface area contributed by atoms with E-state index in [0.717, 1.165) is 19.6 Å². The summed E-state index contributed by atoms with van der Waals surface area (Å²) in [6.45, 7) is 12.3. The van der Waals surface area contributed by atoms with E-state index in [2.05, 4.69) is 49.0 Å². The number of nitrogens with one attached hydrogen (secondary N) is 1. The Hall–Kier alpha value is -0.930. The van der Waals surface area contributed by atoms with E-state index >= 15 is 0 Å². The smallest absolute Gasteiger partial charge is 0.0573 e. The lowest BCUT2D eigenvalue weighted by atomic mass is 9.97. The van der Waals surface area contributed by atoms with E-state index in [1.54, 1.807) is 0 Å². The summed E-state index contributed by atoms with van der Waals surface area (Å²) in [4.78, 5) is 7.21. The average Bonchev–Trinajstić information content (AvgIpc) is 2.43. The highest BCUT2D eigenvalue weighted by molar-refractivity contribution is 5.17. The van der Waals surface area contributed by atoms with Crippen molar-refractivity contribution in [2.45, 2.75) is 59.2 Å². The minimum absolute atomic E-state index is 0.604. The molecule has 1 fully saturated rings. The molecule has 2 rings (SSSR count). The third kappa shape index (κ3) is 3.80. The molecular weight excluding hydrogens is 246 g/mol. The van der Waals surface area contributed by atoms with Gasteiger partial charge in [-0.25, -0.2) is 0 Å². The van der Waals surface area contributed by atoms with E-state index < -0.39 is 0 Å². The maximum Gasteiger partial charge on any atom is 0.0573 e. The first-order valence-corrected chi connectivity index (χ1v) is 7.99. The standard InChI is InChI=1S/C17H29N3/c1-5-7-15-10-19-16(13(2)3)11-20(15)12-17-14(4)8-6-9-18-17/h6,8-9,13,15-16,19H,5,7,10-12H2,1-4H3. The zero-order valence-corrected chi connectivity index (χ0v) is 13.4. The topological polar surface area (TPSA) is 28.2 Å². The normalized spacial score (nSPS) is 24.2. The predicted octanol–water partition coefficient (Wildman–Crippen LogP) is 2.99. The highest BCUT2D eigenvalue weighted by atomic mass is 15.2. The van der Waals surface area contributed by atoms with Crippen LogP contribution in [0.4, 0.5) is 0 Å². The number of nitrogens with zero attached hydrogens (tertiary/aromatic N) is 2. The number of hydrogen-bond donors (Lipinski definition) is 1. The summed E-state index contributed by atoms with van der Waals surface area (Å²) < 4.78 is 0. The molecule has 0 amide bonds.